The monoisotopic (exact) mass is 296 g/mol. The van der Waals surface area contributed by atoms with Crippen molar-refractivity contribution in [2.45, 2.75) is 51.6 Å². The molecule has 1 aliphatic heterocycles. The van der Waals surface area contributed by atoms with Crippen LogP contribution in [-0.2, 0) is 6.54 Å². The Balaban J connectivity index is 2.00. The van der Waals surface area contributed by atoms with Gasteiger partial charge in [0.1, 0.15) is 0 Å². The average molecular weight is 297 g/mol. The second kappa shape index (κ2) is 6.50. The smallest absolute Gasteiger partial charge is 0.0410 e. The third kappa shape index (κ3) is 3.78. The lowest BCUT2D eigenvalue weighted by Gasteiger charge is -2.35. The Kier molecular flexibility index (Phi) is 4.99. The first kappa shape index (κ1) is 13.0. The molecule has 1 aromatic heterocycles. The predicted octanol–water partition coefficient (Wildman–Crippen LogP) is 4.00. The number of nitrogens with zero attached hydrogens (tertiary/aromatic N) is 2. The van der Waals surface area contributed by atoms with E-state index in [1.165, 1.54) is 44.2 Å². The Bertz CT molecular complexity index is 352. The van der Waals surface area contributed by atoms with Crippen LogP contribution in [0.2, 0.25) is 0 Å². The van der Waals surface area contributed by atoms with E-state index >= 15 is 0 Å². The lowest BCUT2D eigenvalue weighted by Crippen LogP contribution is -2.38. The lowest BCUT2D eigenvalue weighted by molar-refractivity contribution is 0.131. The summed E-state index contributed by atoms with van der Waals surface area (Å²) in [5.41, 5.74) is 1.32. The first-order valence-corrected chi connectivity index (χ1v) is 7.42. The molecule has 1 aliphatic rings. The summed E-state index contributed by atoms with van der Waals surface area (Å²) in [6, 6.07) is 2.97. The van der Waals surface area contributed by atoms with Crippen molar-refractivity contribution in [3.8, 4) is 0 Å². The fourth-order valence-corrected chi connectivity index (χ4v) is 3.12. The van der Waals surface area contributed by atoms with Crippen molar-refractivity contribution >= 4 is 15.9 Å². The van der Waals surface area contributed by atoms with Crippen LogP contribution in [0.25, 0.3) is 0 Å². The number of hydrogen-bond donors (Lipinski definition) is 0. The van der Waals surface area contributed by atoms with Gasteiger partial charge in [-0.3, -0.25) is 9.88 Å². The highest BCUT2D eigenvalue weighted by Crippen LogP contribution is 2.23. The highest BCUT2D eigenvalue weighted by atomic mass is 79.9. The fourth-order valence-electron chi connectivity index (χ4n) is 2.71. The molecule has 2 rings (SSSR count). The number of piperidine rings is 1. The lowest BCUT2D eigenvalue weighted by atomic mass is 9.98. The number of rotatable bonds is 4. The van der Waals surface area contributed by atoms with Crippen LogP contribution in [0.15, 0.2) is 22.9 Å². The molecule has 3 heteroatoms. The summed E-state index contributed by atoms with van der Waals surface area (Å²) >= 11 is 3.49. The van der Waals surface area contributed by atoms with E-state index in [1.54, 1.807) is 0 Å². The number of likely N-dealkylation sites (tertiary alicyclic amines) is 1. The SMILES string of the molecule is CCCC1CCCCN1Cc1cncc(Br)c1. The topological polar surface area (TPSA) is 16.1 Å². The molecular weight excluding hydrogens is 276 g/mol. The van der Waals surface area contributed by atoms with E-state index in [0.29, 0.717) is 0 Å². The van der Waals surface area contributed by atoms with Crippen molar-refractivity contribution in [1.82, 2.24) is 9.88 Å². The third-order valence-electron chi connectivity index (χ3n) is 3.52. The van der Waals surface area contributed by atoms with Crippen LogP contribution in [-0.4, -0.2) is 22.5 Å². The first-order valence-electron chi connectivity index (χ1n) is 6.63. The van der Waals surface area contributed by atoms with Gasteiger partial charge in [-0.1, -0.05) is 19.8 Å². The Morgan fingerprint density at radius 1 is 1.41 bits per heavy atom. The van der Waals surface area contributed by atoms with Gasteiger partial charge in [0, 0.05) is 29.5 Å². The van der Waals surface area contributed by atoms with Gasteiger partial charge < -0.3 is 0 Å². The van der Waals surface area contributed by atoms with Crippen LogP contribution in [0.5, 0.6) is 0 Å². The largest absolute Gasteiger partial charge is 0.296 e. The minimum absolute atomic E-state index is 0.785. The third-order valence-corrected chi connectivity index (χ3v) is 3.95. The van der Waals surface area contributed by atoms with Crippen molar-refractivity contribution in [3.05, 3.63) is 28.5 Å². The number of aromatic nitrogens is 1. The number of hydrogen-bond acceptors (Lipinski definition) is 2. The molecule has 2 nitrogen and oxygen atoms in total. The summed E-state index contributed by atoms with van der Waals surface area (Å²) < 4.78 is 1.08. The molecule has 0 N–H and O–H groups in total. The van der Waals surface area contributed by atoms with Gasteiger partial charge in [-0.25, -0.2) is 0 Å². The van der Waals surface area contributed by atoms with Crippen LogP contribution in [0, 0.1) is 0 Å². The van der Waals surface area contributed by atoms with Crippen molar-refractivity contribution < 1.29 is 0 Å². The minimum Gasteiger partial charge on any atom is -0.296 e. The van der Waals surface area contributed by atoms with E-state index in [9.17, 15) is 0 Å². The maximum absolute atomic E-state index is 4.25. The van der Waals surface area contributed by atoms with Crippen molar-refractivity contribution in [2.75, 3.05) is 6.54 Å². The molecule has 0 aliphatic carbocycles. The molecule has 1 unspecified atom stereocenters. The molecule has 0 spiro atoms. The zero-order valence-corrected chi connectivity index (χ0v) is 12.1. The molecule has 1 aromatic rings. The molecule has 1 saturated heterocycles. The minimum atomic E-state index is 0.785. The molecule has 1 fully saturated rings. The zero-order chi connectivity index (χ0) is 12.1. The quantitative estimate of drug-likeness (QED) is 0.835. The van der Waals surface area contributed by atoms with Crippen LogP contribution in [0.1, 0.15) is 44.6 Å². The van der Waals surface area contributed by atoms with Crippen molar-refractivity contribution in [1.29, 1.82) is 0 Å². The van der Waals surface area contributed by atoms with E-state index in [1.807, 2.05) is 12.4 Å². The van der Waals surface area contributed by atoms with Gasteiger partial charge in [-0.2, -0.15) is 0 Å². The van der Waals surface area contributed by atoms with Gasteiger partial charge in [-0.05, 0) is 53.4 Å². The van der Waals surface area contributed by atoms with E-state index in [-0.39, 0.29) is 0 Å². The molecule has 2 heterocycles. The average Bonchev–Trinajstić information content (AvgIpc) is 2.32. The van der Waals surface area contributed by atoms with E-state index in [0.717, 1.165) is 17.1 Å². The van der Waals surface area contributed by atoms with Crippen molar-refractivity contribution in [3.63, 3.8) is 0 Å². The maximum Gasteiger partial charge on any atom is 0.0410 e. The van der Waals surface area contributed by atoms with Gasteiger partial charge in [0.2, 0.25) is 0 Å². The van der Waals surface area contributed by atoms with Crippen LogP contribution >= 0.6 is 15.9 Å². The number of halogens is 1. The van der Waals surface area contributed by atoms with Crippen LogP contribution in [0.3, 0.4) is 0 Å². The van der Waals surface area contributed by atoms with E-state index in [4.69, 9.17) is 0 Å². The molecule has 0 saturated carbocycles. The molecule has 1 atom stereocenters. The second-order valence-corrected chi connectivity index (χ2v) is 5.84. The maximum atomic E-state index is 4.25. The molecule has 94 valence electrons. The van der Waals surface area contributed by atoms with Crippen LogP contribution < -0.4 is 0 Å². The highest BCUT2D eigenvalue weighted by molar-refractivity contribution is 9.10. The van der Waals surface area contributed by atoms with Gasteiger partial charge >= 0.3 is 0 Å². The summed E-state index contributed by atoms with van der Waals surface area (Å²) in [4.78, 5) is 6.88. The predicted molar refractivity (Wildman–Crippen MR) is 74.9 cm³/mol. The molecular formula is C14H21BrN2. The van der Waals surface area contributed by atoms with Crippen molar-refractivity contribution in [2.24, 2.45) is 0 Å². The Hall–Kier alpha value is -0.410. The molecule has 17 heavy (non-hydrogen) atoms. The fraction of sp³-hybridized carbons (Fsp3) is 0.643. The van der Waals surface area contributed by atoms with E-state index < -0.39 is 0 Å². The molecule has 0 bridgehead atoms. The van der Waals surface area contributed by atoms with Gasteiger partial charge in [0.25, 0.3) is 0 Å². The number of pyridine rings is 1. The van der Waals surface area contributed by atoms with Gasteiger partial charge in [0.15, 0.2) is 0 Å². The highest BCUT2D eigenvalue weighted by Gasteiger charge is 2.21. The summed E-state index contributed by atoms with van der Waals surface area (Å²) in [6.45, 7) is 4.59. The normalized spacial score (nSPS) is 21.6. The van der Waals surface area contributed by atoms with Gasteiger partial charge in [-0.15, -0.1) is 0 Å². The summed E-state index contributed by atoms with van der Waals surface area (Å²) in [7, 11) is 0. The standard InChI is InChI=1S/C14H21BrN2/c1-2-5-14-6-3-4-7-17(14)11-12-8-13(15)10-16-9-12/h8-10,14H,2-7,11H2,1H3. The van der Waals surface area contributed by atoms with Crippen LogP contribution in [0.4, 0.5) is 0 Å². The summed E-state index contributed by atoms with van der Waals surface area (Å²) in [6.07, 6.45) is 10.6. The summed E-state index contributed by atoms with van der Waals surface area (Å²) in [5, 5.41) is 0. The molecule has 0 radical (unpaired) electrons. The first-order chi connectivity index (χ1) is 8.29. The Morgan fingerprint density at radius 2 is 2.29 bits per heavy atom. The van der Waals surface area contributed by atoms with E-state index in [2.05, 4.69) is 38.8 Å². The Morgan fingerprint density at radius 3 is 3.06 bits per heavy atom. The Labute approximate surface area is 113 Å². The second-order valence-electron chi connectivity index (χ2n) is 4.92. The molecule has 0 amide bonds. The summed E-state index contributed by atoms with van der Waals surface area (Å²) in [5.74, 6) is 0. The van der Waals surface area contributed by atoms with Gasteiger partial charge in [0.05, 0.1) is 0 Å². The molecule has 0 aromatic carbocycles. The zero-order valence-electron chi connectivity index (χ0n) is 10.5.